The zero-order chi connectivity index (χ0) is 27.6. The molecule has 2 amide bonds. The highest BCUT2D eigenvalue weighted by molar-refractivity contribution is 8.00. The number of amides is 2. The molecule has 16 heteroatoms. The van der Waals surface area contributed by atoms with E-state index in [4.69, 9.17) is 15.3 Å². The number of ether oxygens (including phenoxy) is 1. The molecule has 202 valence electrons. The standard InChI is InChI=1S/C22H24N6O8S2/c1-9-7-12(21(34)35-13(8-29)16(31)10(2)30)28-19(33)15(20(28)37-9)24-18(32)14(17-25-22(23)38-27-17)26-36-11-5-3-4-6-11/h3,5,7-11,13,15,20,30H,4,6H2,1-2H3,(H,24,32)(H2,23,25,27)/t9?,10?,11?,13?,15?,20-/m0/s1. The molecule has 1 saturated heterocycles. The molecule has 1 aromatic heterocycles. The number of nitrogens with zero attached hydrogens (tertiary/aromatic N) is 4. The molecule has 0 radical (unpaired) electrons. The summed E-state index contributed by atoms with van der Waals surface area (Å²) in [5, 5.41) is 15.1. The largest absolute Gasteiger partial charge is 0.442 e. The Balaban J connectivity index is 1.48. The molecule has 1 aromatic rings. The van der Waals surface area contributed by atoms with Crippen LogP contribution in [0.4, 0.5) is 5.13 Å². The predicted octanol–water partition coefficient (Wildman–Crippen LogP) is -0.707. The van der Waals surface area contributed by atoms with Crippen molar-refractivity contribution >= 4 is 64.0 Å². The van der Waals surface area contributed by atoms with E-state index in [-0.39, 0.29) is 40.0 Å². The number of nitrogen functional groups attached to an aromatic ring is 1. The predicted molar refractivity (Wildman–Crippen MR) is 134 cm³/mol. The molecule has 2 aliphatic heterocycles. The monoisotopic (exact) mass is 564 g/mol. The highest BCUT2D eigenvalue weighted by Crippen LogP contribution is 2.41. The SMILES string of the molecule is CC1C=C(C(=O)OC(C=O)C(=O)C(C)O)N2C(=O)C(NC(=O)C(=NOC3C=CCC3)c3nsc(N)n3)[C@@H]2S1. The van der Waals surface area contributed by atoms with E-state index >= 15 is 0 Å². The number of Topliss-reactive ketones (excluding diaryl/α,β-unsaturated/α-hetero) is 1. The molecule has 0 saturated carbocycles. The van der Waals surface area contributed by atoms with E-state index in [9.17, 15) is 29.1 Å². The second-order valence-corrected chi connectivity index (χ2v) is 10.8. The number of allylic oxidation sites excluding steroid dienone is 1. The summed E-state index contributed by atoms with van der Waals surface area (Å²) < 4.78 is 8.98. The third kappa shape index (κ3) is 5.61. The van der Waals surface area contributed by atoms with Crippen molar-refractivity contribution in [1.29, 1.82) is 0 Å². The summed E-state index contributed by atoms with van der Waals surface area (Å²) in [5.41, 5.74) is 5.21. The Morgan fingerprint density at radius 2 is 2.16 bits per heavy atom. The molecule has 0 bridgehead atoms. The highest BCUT2D eigenvalue weighted by Gasteiger charge is 2.54. The number of aromatic nitrogens is 2. The van der Waals surface area contributed by atoms with Crippen molar-refractivity contribution < 1.29 is 38.7 Å². The van der Waals surface area contributed by atoms with E-state index in [1.807, 2.05) is 12.2 Å². The van der Waals surface area contributed by atoms with Crippen LogP contribution >= 0.6 is 23.3 Å². The quantitative estimate of drug-likeness (QED) is 0.0613. The van der Waals surface area contributed by atoms with E-state index in [1.54, 1.807) is 6.92 Å². The minimum absolute atomic E-state index is 0.0629. The lowest BCUT2D eigenvalue weighted by atomic mass is 10.0. The number of nitrogens with one attached hydrogen (secondary N) is 1. The number of β-lactam (4-membered cyclic amide) rings is 1. The zero-order valence-corrected chi connectivity index (χ0v) is 21.8. The molecule has 3 heterocycles. The Bertz CT molecular complexity index is 1240. The van der Waals surface area contributed by atoms with Crippen LogP contribution in [0.15, 0.2) is 29.1 Å². The van der Waals surface area contributed by atoms with Gasteiger partial charge in [0.25, 0.3) is 11.8 Å². The summed E-state index contributed by atoms with van der Waals surface area (Å²) >= 11 is 2.16. The molecule has 4 rings (SSSR count). The third-order valence-electron chi connectivity index (χ3n) is 5.71. The number of aldehydes is 1. The van der Waals surface area contributed by atoms with Gasteiger partial charge in [0.1, 0.15) is 29.3 Å². The van der Waals surface area contributed by atoms with Crippen molar-refractivity contribution in [3.05, 3.63) is 29.7 Å². The Morgan fingerprint density at radius 3 is 2.76 bits per heavy atom. The smallest absolute Gasteiger partial charge is 0.355 e. The van der Waals surface area contributed by atoms with E-state index in [0.29, 0.717) is 6.42 Å². The van der Waals surface area contributed by atoms with Gasteiger partial charge in [0.15, 0.2) is 11.4 Å². The van der Waals surface area contributed by atoms with Crippen molar-refractivity contribution in [3.8, 4) is 0 Å². The molecule has 38 heavy (non-hydrogen) atoms. The van der Waals surface area contributed by atoms with Crippen molar-refractivity contribution in [2.45, 2.75) is 61.7 Å². The minimum atomic E-state index is -1.83. The number of rotatable bonds is 10. The fourth-order valence-corrected chi connectivity index (χ4v) is 5.59. The van der Waals surface area contributed by atoms with E-state index < -0.39 is 47.2 Å². The first kappa shape index (κ1) is 27.4. The molecular weight excluding hydrogens is 540 g/mol. The minimum Gasteiger partial charge on any atom is -0.442 e. The van der Waals surface area contributed by atoms with Crippen LogP contribution < -0.4 is 11.1 Å². The van der Waals surface area contributed by atoms with Crippen LogP contribution in [0, 0.1) is 0 Å². The average Bonchev–Trinajstić information content (AvgIpc) is 3.56. The summed E-state index contributed by atoms with van der Waals surface area (Å²) in [7, 11) is 0. The van der Waals surface area contributed by atoms with Gasteiger partial charge in [0.05, 0.1) is 0 Å². The molecule has 3 aliphatic rings. The number of carbonyl (C=O) groups excluding carboxylic acids is 5. The Kier molecular flexibility index (Phi) is 8.23. The maximum atomic E-state index is 13.2. The Labute approximate surface area is 224 Å². The van der Waals surface area contributed by atoms with Crippen LogP contribution in [-0.4, -0.2) is 89.9 Å². The van der Waals surface area contributed by atoms with Crippen molar-refractivity contribution in [2.24, 2.45) is 5.16 Å². The number of aliphatic hydroxyl groups excluding tert-OH is 1. The van der Waals surface area contributed by atoms with Gasteiger partial charge in [-0.3, -0.25) is 24.1 Å². The number of carbonyl (C=O) groups is 5. The lowest BCUT2D eigenvalue weighted by Gasteiger charge is -2.49. The first-order valence-electron chi connectivity index (χ1n) is 11.5. The van der Waals surface area contributed by atoms with Crippen LogP contribution in [0.1, 0.15) is 32.5 Å². The van der Waals surface area contributed by atoms with Gasteiger partial charge >= 0.3 is 5.97 Å². The fourth-order valence-electron chi connectivity index (χ4n) is 3.82. The van der Waals surface area contributed by atoms with Gasteiger partial charge in [-0.1, -0.05) is 11.2 Å². The van der Waals surface area contributed by atoms with Gasteiger partial charge in [-0.2, -0.15) is 9.36 Å². The number of hydrogen-bond acceptors (Lipinski definition) is 14. The van der Waals surface area contributed by atoms with Gasteiger partial charge in [0.2, 0.25) is 23.4 Å². The molecule has 14 nitrogen and oxygen atoms in total. The maximum absolute atomic E-state index is 13.2. The topological polar surface area (TPSA) is 203 Å². The molecule has 5 unspecified atom stereocenters. The highest BCUT2D eigenvalue weighted by atomic mass is 32.2. The third-order valence-corrected chi connectivity index (χ3v) is 7.58. The number of hydrogen-bond donors (Lipinski definition) is 3. The van der Waals surface area contributed by atoms with E-state index in [2.05, 4.69) is 19.8 Å². The van der Waals surface area contributed by atoms with E-state index in [0.717, 1.165) is 29.8 Å². The van der Waals surface area contributed by atoms with Crippen LogP contribution in [0.3, 0.4) is 0 Å². The molecule has 1 fully saturated rings. The first-order valence-corrected chi connectivity index (χ1v) is 13.2. The number of anilines is 1. The van der Waals surface area contributed by atoms with E-state index in [1.165, 1.54) is 17.8 Å². The van der Waals surface area contributed by atoms with Gasteiger partial charge in [0, 0.05) is 16.8 Å². The van der Waals surface area contributed by atoms with Crippen molar-refractivity contribution in [2.75, 3.05) is 5.73 Å². The summed E-state index contributed by atoms with van der Waals surface area (Å²) in [6, 6.07) is -1.04. The van der Waals surface area contributed by atoms with Crippen LogP contribution in [0.5, 0.6) is 0 Å². The lowest BCUT2D eigenvalue weighted by Crippen LogP contribution is -2.71. The number of fused-ring (bicyclic) bond motifs is 1. The molecular formula is C22H24N6O8S2. The van der Waals surface area contributed by atoms with Gasteiger partial charge in [-0.05, 0) is 38.8 Å². The molecule has 4 N–H and O–H groups in total. The number of oxime groups is 1. The molecule has 1 aliphatic carbocycles. The summed E-state index contributed by atoms with van der Waals surface area (Å²) in [6.45, 7) is 2.89. The van der Waals surface area contributed by atoms with Gasteiger partial charge in [-0.15, -0.1) is 11.8 Å². The summed E-state index contributed by atoms with van der Waals surface area (Å²) in [5.74, 6) is -3.55. The number of thioether (sulfide) groups is 1. The maximum Gasteiger partial charge on any atom is 0.355 e. The first-order chi connectivity index (χ1) is 18.1. The summed E-state index contributed by atoms with van der Waals surface area (Å²) in [4.78, 5) is 72.7. The Hall–Kier alpha value is -3.63. The number of esters is 1. The second kappa shape index (κ2) is 11.4. The van der Waals surface area contributed by atoms with Crippen LogP contribution in [-0.2, 0) is 33.5 Å². The van der Waals surface area contributed by atoms with Gasteiger partial charge in [-0.25, -0.2) is 4.79 Å². The number of ketones is 1. The van der Waals surface area contributed by atoms with Crippen molar-refractivity contribution in [3.63, 3.8) is 0 Å². The lowest BCUT2D eigenvalue weighted by molar-refractivity contribution is -0.160. The number of nitrogens with two attached hydrogens (primary N) is 1. The second-order valence-electron chi connectivity index (χ2n) is 8.53. The van der Waals surface area contributed by atoms with Crippen molar-refractivity contribution in [1.82, 2.24) is 19.6 Å². The summed E-state index contributed by atoms with van der Waals surface area (Å²) in [6.07, 6.45) is 3.11. The van der Waals surface area contributed by atoms with Gasteiger partial charge < -0.3 is 25.7 Å². The van der Waals surface area contributed by atoms with Crippen LogP contribution in [0.25, 0.3) is 0 Å². The molecule has 0 spiro atoms. The molecule has 6 atom stereocenters. The average molecular weight is 565 g/mol. The Morgan fingerprint density at radius 1 is 1.39 bits per heavy atom. The zero-order valence-electron chi connectivity index (χ0n) is 20.2. The fraction of sp³-hybridized carbons (Fsp3) is 0.455. The molecule has 0 aromatic carbocycles. The normalized spacial score (nSPS) is 26.0. The van der Waals surface area contributed by atoms with Crippen LogP contribution in [0.2, 0.25) is 0 Å². The number of aliphatic hydroxyl groups is 1.